The number of carbonyl (C=O) groups is 1. The number of aryl methyl sites for hydroxylation is 1. The van der Waals surface area contributed by atoms with Gasteiger partial charge in [-0.1, -0.05) is 18.0 Å². The van der Waals surface area contributed by atoms with E-state index in [2.05, 4.69) is 21.9 Å². The maximum absolute atomic E-state index is 16.9. The van der Waals surface area contributed by atoms with Gasteiger partial charge in [0.1, 0.15) is 17.2 Å². The lowest BCUT2D eigenvalue weighted by molar-refractivity contribution is -0.162. The van der Waals surface area contributed by atoms with Crippen LogP contribution in [0.2, 0.25) is 5.02 Å². The highest BCUT2D eigenvalue weighted by Crippen LogP contribution is 2.49. The van der Waals surface area contributed by atoms with Gasteiger partial charge in [0.2, 0.25) is 11.8 Å². The summed E-state index contributed by atoms with van der Waals surface area (Å²) in [5.74, 6) is -4.93. The Morgan fingerprint density at radius 2 is 1.75 bits per heavy atom. The summed E-state index contributed by atoms with van der Waals surface area (Å²) in [4.78, 5) is 32.5. The van der Waals surface area contributed by atoms with Crippen LogP contribution in [0.3, 0.4) is 0 Å². The number of amides is 1. The van der Waals surface area contributed by atoms with Crippen molar-refractivity contribution in [2.24, 2.45) is 11.3 Å². The summed E-state index contributed by atoms with van der Waals surface area (Å²) >= 11 is 6.66. The zero-order chi connectivity index (χ0) is 36.9. The van der Waals surface area contributed by atoms with Crippen LogP contribution in [0, 0.1) is 24.1 Å². The van der Waals surface area contributed by atoms with E-state index in [1.807, 2.05) is 4.90 Å². The second kappa shape index (κ2) is 12.5. The molecule has 280 valence electrons. The molecule has 9 nitrogen and oxygen atoms in total. The largest absolute Gasteiger partial charge is 0.463 e. The Labute approximate surface area is 301 Å². The fraction of sp³-hybridized carbons (Fsp3) is 0.611. The van der Waals surface area contributed by atoms with E-state index in [4.69, 9.17) is 27.1 Å². The van der Waals surface area contributed by atoms with Gasteiger partial charge >= 0.3 is 12.2 Å². The zero-order valence-corrected chi connectivity index (χ0v) is 29.6. The number of piperidine rings is 1. The number of likely N-dealkylation sites (tertiary alicyclic amines) is 1. The predicted molar refractivity (Wildman–Crippen MR) is 183 cm³/mol. The van der Waals surface area contributed by atoms with E-state index in [1.54, 1.807) is 4.90 Å². The fourth-order valence-electron chi connectivity index (χ4n) is 9.79. The monoisotopic (exact) mass is 751 g/mol. The number of ether oxygens (including phenoxy) is 1. The Balaban J connectivity index is 1.21. The van der Waals surface area contributed by atoms with E-state index in [0.717, 1.165) is 44.7 Å². The lowest BCUT2D eigenvalue weighted by Crippen LogP contribution is -2.59. The zero-order valence-electron chi connectivity index (χ0n) is 28.9. The number of piperazine rings is 1. The summed E-state index contributed by atoms with van der Waals surface area (Å²) in [7, 11) is 2.10. The second-order valence-electron chi connectivity index (χ2n) is 15.5. The molecule has 4 atom stereocenters. The van der Waals surface area contributed by atoms with Crippen LogP contribution in [0.15, 0.2) is 12.1 Å². The van der Waals surface area contributed by atoms with Gasteiger partial charge in [0.15, 0.2) is 5.82 Å². The number of hydrogen-bond donors (Lipinski definition) is 1. The van der Waals surface area contributed by atoms with Gasteiger partial charge in [0, 0.05) is 60.8 Å². The molecule has 8 rings (SSSR count). The quantitative estimate of drug-likeness (QED) is 0.263. The van der Waals surface area contributed by atoms with Crippen molar-refractivity contribution in [1.29, 1.82) is 0 Å². The number of fused-ring (bicyclic) bond motifs is 4. The van der Waals surface area contributed by atoms with Crippen molar-refractivity contribution < 1.29 is 35.9 Å². The molecule has 16 heteroatoms. The van der Waals surface area contributed by atoms with Crippen molar-refractivity contribution in [1.82, 2.24) is 24.8 Å². The van der Waals surface area contributed by atoms with Crippen LogP contribution >= 0.6 is 11.6 Å². The summed E-state index contributed by atoms with van der Waals surface area (Å²) in [5, 5.41) is -0.188. The molecule has 2 saturated carbocycles. The van der Waals surface area contributed by atoms with Crippen molar-refractivity contribution in [2.75, 3.05) is 43.9 Å². The van der Waals surface area contributed by atoms with E-state index in [0.29, 0.717) is 18.9 Å². The van der Waals surface area contributed by atoms with Crippen LogP contribution in [-0.2, 0) is 11.0 Å². The maximum Gasteiger partial charge on any atom is 0.418 e. The van der Waals surface area contributed by atoms with Crippen LogP contribution < -0.4 is 15.4 Å². The van der Waals surface area contributed by atoms with Gasteiger partial charge < -0.3 is 25.2 Å². The number of benzene rings is 1. The van der Waals surface area contributed by atoms with Gasteiger partial charge in [-0.3, -0.25) is 4.79 Å². The molecule has 1 aromatic carbocycles. The Kier molecular flexibility index (Phi) is 8.51. The molecule has 5 heterocycles. The first-order valence-corrected chi connectivity index (χ1v) is 18.3. The Bertz CT molecular complexity index is 1930. The molecule has 1 amide bonds. The number of halogens is 7. The van der Waals surface area contributed by atoms with Crippen LogP contribution in [0.4, 0.5) is 38.0 Å². The first kappa shape index (κ1) is 35.4. The second-order valence-corrected chi connectivity index (χ2v) is 15.9. The predicted octanol–water partition coefficient (Wildman–Crippen LogP) is 7.26. The molecule has 3 saturated heterocycles. The highest BCUT2D eigenvalue weighted by atomic mass is 35.5. The molecule has 0 radical (unpaired) electrons. The molecule has 2 N–H and O–H groups in total. The van der Waals surface area contributed by atoms with Crippen LogP contribution in [0.1, 0.15) is 68.9 Å². The third-order valence-corrected chi connectivity index (χ3v) is 12.4. The van der Waals surface area contributed by atoms with Gasteiger partial charge in [0.25, 0.3) is 0 Å². The van der Waals surface area contributed by atoms with E-state index in [1.165, 1.54) is 13.0 Å². The summed E-state index contributed by atoms with van der Waals surface area (Å²) in [6.07, 6.45) is 0.445. The fourth-order valence-corrected chi connectivity index (χ4v) is 10.1. The highest BCUT2D eigenvalue weighted by molar-refractivity contribution is 6.34. The molecule has 2 aromatic heterocycles. The third-order valence-electron chi connectivity index (χ3n) is 12.1. The van der Waals surface area contributed by atoms with E-state index >= 15 is 4.39 Å². The number of nitrogen functional groups attached to an aromatic ring is 1. The van der Waals surface area contributed by atoms with Gasteiger partial charge in [0.05, 0.1) is 28.5 Å². The van der Waals surface area contributed by atoms with Crippen molar-refractivity contribution in [2.45, 2.75) is 94.9 Å². The summed E-state index contributed by atoms with van der Waals surface area (Å²) in [6, 6.07) is 2.00. The average Bonchev–Trinajstić information content (AvgIpc) is 3.60. The molecule has 3 aromatic rings. The van der Waals surface area contributed by atoms with Gasteiger partial charge in [-0.2, -0.15) is 23.1 Å². The summed E-state index contributed by atoms with van der Waals surface area (Å²) in [6.45, 7) is 3.04. The number of nitrogens with zero attached hydrogens (tertiary/aromatic N) is 6. The molecule has 5 fully saturated rings. The first-order chi connectivity index (χ1) is 24.5. The first-order valence-electron chi connectivity index (χ1n) is 17.9. The Morgan fingerprint density at radius 1 is 1.06 bits per heavy atom. The van der Waals surface area contributed by atoms with Gasteiger partial charge in [-0.25, -0.2) is 18.2 Å². The summed E-state index contributed by atoms with van der Waals surface area (Å²) in [5.41, 5.74) is 2.68. The number of nitrogens with two attached hydrogens (primary N) is 1. The van der Waals surface area contributed by atoms with E-state index < -0.39 is 53.5 Å². The molecule has 3 aliphatic heterocycles. The number of hydrogen-bond acceptors (Lipinski definition) is 8. The Morgan fingerprint density at radius 3 is 2.42 bits per heavy atom. The number of aromatic nitrogens is 3. The number of alkyl halides is 5. The molecule has 2 aliphatic carbocycles. The lowest BCUT2D eigenvalue weighted by atomic mass is 9.76. The molecule has 52 heavy (non-hydrogen) atoms. The SMILES string of the molecule is Cc1cc(N)nc(-c2c(Cl)cc3c(N4CC5CCC(C4)N5C(=O)C4CC(F)(F)C4)nc(OCC45CCCC4N(C)CCC5)nc3c2F)c1C(F)(F)F. The standard InChI is InChI=1S/C36H40ClF6N7O2/c1-18-11-25(44)45-30(27(18)36(41,42)43)26-23(37)12-22-29(28(26)38)46-33(52-17-34-8-3-5-24(34)48(2)10-4-9-34)47-31(22)49-15-20-6-7-21(16-49)50(20)32(51)19-13-35(39,40)14-19/h11-12,19-21,24H,3-10,13-17H2,1-2H3,(H2,44,45). The minimum atomic E-state index is -4.90. The molecular weight excluding hydrogens is 712 g/mol. The molecule has 0 spiro atoms. The minimum Gasteiger partial charge on any atom is -0.463 e. The number of rotatable bonds is 6. The smallest absolute Gasteiger partial charge is 0.418 e. The maximum atomic E-state index is 16.9. The molecule has 2 bridgehead atoms. The normalized spacial score (nSPS) is 27.6. The summed E-state index contributed by atoms with van der Waals surface area (Å²) < 4.78 is 93.9. The van der Waals surface area contributed by atoms with Gasteiger partial charge in [-0.05, 0) is 76.7 Å². The van der Waals surface area contributed by atoms with Crippen molar-refractivity contribution in [3.63, 3.8) is 0 Å². The van der Waals surface area contributed by atoms with Crippen molar-refractivity contribution in [3.05, 3.63) is 34.1 Å². The average molecular weight is 752 g/mol. The van der Waals surface area contributed by atoms with Gasteiger partial charge in [-0.15, -0.1) is 0 Å². The third kappa shape index (κ3) is 5.90. The topological polar surface area (TPSA) is 101 Å². The Hall–Kier alpha value is -3.59. The molecular formula is C36H40ClF6N7O2. The van der Waals surface area contributed by atoms with Crippen LogP contribution in [0.5, 0.6) is 6.01 Å². The van der Waals surface area contributed by atoms with E-state index in [9.17, 15) is 26.7 Å². The number of anilines is 2. The molecule has 5 aliphatic rings. The number of pyridine rings is 1. The minimum absolute atomic E-state index is 0.127. The van der Waals surface area contributed by atoms with Crippen LogP contribution in [-0.4, -0.2) is 88.0 Å². The van der Waals surface area contributed by atoms with E-state index in [-0.39, 0.29) is 82.2 Å². The molecule has 4 unspecified atom stereocenters. The number of carbonyl (C=O) groups excluding carboxylic acids is 1. The lowest BCUT2D eigenvalue weighted by Gasteiger charge is -2.45. The van der Waals surface area contributed by atoms with Crippen molar-refractivity contribution >= 4 is 40.0 Å². The highest BCUT2D eigenvalue weighted by Gasteiger charge is 2.54. The van der Waals surface area contributed by atoms with Crippen molar-refractivity contribution in [3.8, 4) is 17.3 Å². The van der Waals surface area contributed by atoms with Crippen LogP contribution in [0.25, 0.3) is 22.2 Å².